The van der Waals surface area contributed by atoms with Crippen molar-refractivity contribution in [3.8, 4) is 0 Å². The van der Waals surface area contributed by atoms with Gasteiger partial charge >= 0.3 is 39.5 Å². The summed E-state index contributed by atoms with van der Waals surface area (Å²) in [6.45, 7) is 7.06. The van der Waals surface area contributed by atoms with Crippen LogP contribution in [0, 0.1) is 5.92 Å². The molecule has 0 fully saturated rings. The van der Waals surface area contributed by atoms with Crippen molar-refractivity contribution in [2.75, 3.05) is 39.6 Å². The number of aliphatic hydroxyl groups is 1. The van der Waals surface area contributed by atoms with Gasteiger partial charge in [0, 0.05) is 25.7 Å². The van der Waals surface area contributed by atoms with Gasteiger partial charge in [0.1, 0.15) is 19.3 Å². The molecule has 0 rings (SSSR count). The Morgan fingerprint density at radius 2 is 0.615 bits per heavy atom. The monoisotopic (exact) mass is 1160 g/mol. The molecule has 0 radical (unpaired) electrons. The van der Waals surface area contributed by atoms with E-state index < -0.39 is 97.5 Å². The second-order valence-corrected chi connectivity index (χ2v) is 24.5. The Morgan fingerprint density at radius 1 is 0.359 bits per heavy atom. The molecule has 3 unspecified atom stereocenters. The van der Waals surface area contributed by atoms with Crippen LogP contribution < -0.4 is 0 Å². The normalized spacial score (nSPS) is 14.7. The van der Waals surface area contributed by atoms with E-state index in [1.807, 2.05) is 0 Å². The van der Waals surface area contributed by atoms with Gasteiger partial charge in [-0.3, -0.25) is 37.3 Å². The topological polar surface area (TPSA) is 237 Å². The molecule has 0 heterocycles. The zero-order chi connectivity index (χ0) is 57.8. The summed E-state index contributed by atoms with van der Waals surface area (Å²) in [4.78, 5) is 71.7. The Bertz CT molecular complexity index is 1540. The minimum absolute atomic E-state index is 0.104. The van der Waals surface area contributed by atoms with Crippen LogP contribution >= 0.6 is 15.6 Å². The number of carbonyl (C=O) groups is 4. The fourth-order valence-electron chi connectivity index (χ4n) is 8.67. The van der Waals surface area contributed by atoms with Gasteiger partial charge in [0.2, 0.25) is 0 Å². The molecule has 0 saturated carbocycles. The van der Waals surface area contributed by atoms with Crippen LogP contribution in [0.25, 0.3) is 0 Å². The first-order chi connectivity index (χ1) is 37.6. The first-order valence-corrected chi connectivity index (χ1v) is 34.2. The van der Waals surface area contributed by atoms with E-state index in [0.29, 0.717) is 25.7 Å². The molecule has 6 atom stereocenters. The first-order valence-electron chi connectivity index (χ1n) is 31.2. The van der Waals surface area contributed by atoms with E-state index >= 15 is 0 Å². The molecule has 0 aliphatic heterocycles. The van der Waals surface area contributed by atoms with Gasteiger partial charge in [-0.1, -0.05) is 240 Å². The van der Waals surface area contributed by atoms with Gasteiger partial charge in [-0.15, -0.1) is 0 Å². The summed E-state index contributed by atoms with van der Waals surface area (Å²) in [6, 6.07) is 0. The largest absolute Gasteiger partial charge is 0.472 e. The molecule has 0 aromatic heterocycles. The summed E-state index contributed by atoms with van der Waals surface area (Å²) >= 11 is 0. The van der Waals surface area contributed by atoms with Crippen LogP contribution in [0.2, 0.25) is 0 Å². The molecular weight excluding hydrogens is 1040 g/mol. The first kappa shape index (κ1) is 76.1. The van der Waals surface area contributed by atoms with Gasteiger partial charge in [-0.25, -0.2) is 9.13 Å². The highest BCUT2D eigenvalue weighted by Gasteiger charge is 2.30. The van der Waals surface area contributed by atoms with Crippen LogP contribution in [0.1, 0.15) is 291 Å². The highest BCUT2D eigenvalue weighted by Crippen LogP contribution is 2.45. The molecule has 0 spiro atoms. The minimum atomic E-state index is -4.94. The summed E-state index contributed by atoms with van der Waals surface area (Å²) in [5.41, 5.74) is 0. The maximum Gasteiger partial charge on any atom is 0.472 e. The van der Waals surface area contributed by atoms with E-state index in [2.05, 4.69) is 34.6 Å². The Kier molecular flexibility index (Phi) is 51.8. The molecule has 3 N–H and O–H groups in total. The number of aliphatic hydroxyl groups excluding tert-OH is 1. The lowest BCUT2D eigenvalue weighted by atomic mass is 9.99. The molecular formula is C59H114O17P2. The van der Waals surface area contributed by atoms with E-state index in [4.69, 9.17) is 37.0 Å². The molecule has 0 aliphatic carbocycles. The van der Waals surface area contributed by atoms with Gasteiger partial charge in [0.25, 0.3) is 0 Å². The van der Waals surface area contributed by atoms with Crippen LogP contribution in [0.5, 0.6) is 0 Å². The number of hydrogen-bond acceptors (Lipinski definition) is 15. The number of esters is 4. The zero-order valence-corrected chi connectivity index (χ0v) is 51.6. The van der Waals surface area contributed by atoms with Crippen molar-refractivity contribution in [1.29, 1.82) is 0 Å². The molecule has 78 heavy (non-hydrogen) atoms. The van der Waals surface area contributed by atoms with Crippen LogP contribution in [0.4, 0.5) is 0 Å². The number of hydrogen-bond donors (Lipinski definition) is 3. The molecule has 0 aromatic carbocycles. The lowest BCUT2D eigenvalue weighted by Crippen LogP contribution is -2.30. The summed E-state index contributed by atoms with van der Waals surface area (Å²) in [5.74, 6) is -1.35. The summed E-state index contributed by atoms with van der Waals surface area (Å²) in [6.07, 6.45) is 35.1. The van der Waals surface area contributed by atoms with Crippen molar-refractivity contribution >= 4 is 39.5 Å². The van der Waals surface area contributed by atoms with E-state index in [1.54, 1.807) is 0 Å². The predicted octanol–water partition coefficient (Wildman–Crippen LogP) is 15.8. The van der Waals surface area contributed by atoms with Crippen molar-refractivity contribution in [3.63, 3.8) is 0 Å². The Hall–Kier alpha value is -1.94. The van der Waals surface area contributed by atoms with Crippen molar-refractivity contribution in [3.05, 3.63) is 0 Å². The number of unbranched alkanes of at least 4 members (excludes halogenated alkanes) is 30. The molecule has 0 bridgehead atoms. The van der Waals surface area contributed by atoms with Crippen LogP contribution in [0.3, 0.4) is 0 Å². The van der Waals surface area contributed by atoms with Gasteiger partial charge in [0.05, 0.1) is 26.4 Å². The average Bonchev–Trinajstić information content (AvgIpc) is 3.41. The summed E-state index contributed by atoms with van der Waals surface area (Å²) < 4.78 is 67.5. The highest BCUT2D eigenvalue weighted by atomic mass is 31.2. The smallest absolute Gasteiger partial charge is 0.462 e. The molecule has 0 saturated heterocycles. The second-order valence-electron chi connectivity index (χ2n) is 21.6. The number of rotatable bonds is 59. The second kappa shape index (κ2) is 53.1. The van der Waals surface area contributed by atoms with Gasteiger partial charge in [-0.05, 0) is 31.6 Å². The Balaban J connectivity index is 5.18. The fourth-order valence-corrected chi connectivity index (χ4v) is 10.2. The number of phosphoric acid groups is 2. The zero-order valence-electron chi connectivity index (χ0n) is 49.8. The predicted molar refractivity (Wildman–Crippen MR) is 308 cm³/mol. The molecule has 462 valence electrons. The maximum atomic E-state index is 12.9. The fraction of sp³-hybridized carbons (Fsp3) is 0.932. The van der Waals surface area contributed by atoms with E-state index in [-0.39, 0.29) is 25.7 Å². The molecule has 0 aliphatic rings. The van der Waals surface area contributed by atoms with Crippen LogP contribution in [-0.4, -0.2) is 96.7 Å². The standard InChI is InChI=1S/C59H114O17P2/c1-6-10-13-16-18-20-21-25-29-33-38-43-57(62)70-49-55(76-59(64)45-40-35-30-26-23-22-24-27-32-36-41-52(5)9-4)51-74-78(67,68)72-47-53(60)46-71-77(65,66)73-50-54(48-69-56(61)42-37-31-15-12-8-3)75-58(63)44-39-34-28-19-17-14-11-7-2/h52-55,60H,6-51H2,1-5H3,(H,65,66)(H,67,68)/t52?,53-,54+,55+/m0/s1. The quantitative estimate of drug-likeness (QED) is 0.0222. The lowest BCUT2D eigenvalue weighted by molar-refractivity contribution is -0.161. The van der Waals surface area contributed by atoms with Gasteiger partial charge in [0.15, 0.2) is 12.2 Å². The third-order valence-electron chi connectivity index (χ3n) is 13.9. The molecule has 0 amide bonds. The van der Waals surface area contributed by atoms with Crippen molar-refractivity contribution in [2.24, 2.45) is 5.92 Å². The third-order valence-corrected chi connectivity index (χ3v) is 15.8. The Labute approximate surface area is 473 Å². The number of ether oxygens (including phenoxy) is 4. The maximum absolute atomic E-state index is 12.9. The van der Waals surface area contributed by atoms with Gasteiger partial charge < -0.3 is 33.8 Å². The van der Waals surface area contributed by atoms with Gasteiger partial charge in [-0.2, -0.15) is 0 Å². The van der Waals surface area contributed by atoms with Crippen molar-refractivity contribution < 1.29 is 80.2 Å². The molecule has 19 heteroatoms. The number of phosphoric ester groups is 2. The summed E-state index contributed by atoms with van der Waals surface area (Å²) in [5, 5.41) is 10.5. The Morgan fingerprint density at radius 3 is 0.910 bits per heavy atom. The van der Waals surface area contributed by atoms with E-state index in [9.17, 15) is 43.2 Å². The van der Waals surface area contributed by atoms with E-state index in [1.165, 1.54) is 103 Å². The average molecular weight is 1160 g/mol. The molecule has 0 aromatic rings. The third kappa shape index (κ3) is 52.2. The van der Waals surface area contributed by atoms with E-state index in [0.717, 1.165) is 109 Å². The minimum Gasteiger partial charge on any atom is -0.462 e. The molecule has 17 nitrogen and oxygen atoms in total. The van der Waals surface area contributed by atoms with Crippen LogP contribution in [0.15, 0.2) is 0 Å². The number of carbonyl (C=O) groups excluding carboxylic acids is 4. The SMILES string of the molecule is CCCCCCCCCCCCCC(=O)OC[C@H](COP(=O)(O)OC[C@@H](O)COP(=O)(O)OC[C@@H](COC(=O)CCCCCCC)OC(=O)CCCCCCCCCC)OC(=O)CCCCCCCCCCCCC(C)CC. The summed E-state index contributed by atoms with van der Waals surface area (Å²) in [7, 11) is -9.86. The highest BCUT2D eigenvalue weighted by molar-refractivity contribution is 7.47. The van der Waals surface area contributed by atoms with Crippen molar-refractivity contribution in [2.45, 2.75) is 310 Å². The van der Waals surface area contributed by atoms with Crippen molar-refractivity contribution in [1.82, 2.24) is 0 Å². The lowest BCUT2D eigenvalue weighted by Gasteiger charge is -2.21. The van der Waals surface area contributed by atoms with Crippen LogP contribution in [-0.2, 0) is 65.4 Å².